The lowest BCUT2D eigenvalue weighted by Crippen LogP contribution is -1.97. The highest BCUT2D eigenvalue weighted by molar-refractivity contribution is 9.10. The van der Waals surface area contributed by atoms with Crippen molar-refractivity contribution >= 4 is 33.3 Å². The maximum Gasteiger partial charge on any atom is 0.251 e. The van der Waals surface area contributed by atoms with E-state index in [0.717, 1.165) is 0 Å². The van der Waals surface area contributed by atoms with Gasteiger partial charge in [-0.2, -0.15) is 4.39 Å². The lowest BCUT2D eigenvalue weighted by Gasteiger charge is -1.96. The van der Waals surface area contributed by atoms with E-state index in [-0.39, 0.29) is 15.6 Å². The number of nitrogens with zero attached hydrogens (tertiary/aromatic N) is 2. The molecule has 10 heavy (non-hydrogen) atoms. The molecule has 0 fully saturated rings. The zero-order valence-corrected chi connectivity index (χ0v) is 6.95. The predicted octanol–water partition coefficient (Wildman–Crippen LogP) is 1.61. The largest absolute Gasteiger partial charge is 0.381 e. The SMILES string of the molecule is Nc1nc(Cl)c(F)nc1Br. The Kier molecular flexibility index (Phi) is 2.05. The smallest absolute Gasteiger partial charge is 0.251 e. The van der Waals surface area contributed by atoms with Gasteiger partial charge in [0.1, 0.15) is 0 Å². The Morgan fingerprint density at radius 1 is 1.50 bits per heavy atom. The molecule has 0 aliphatic rings. The summed E-state index contributed by atoms with van der Waals surface area (Å²) in [6.45, 7) is 0. The Hall–Kier alpha value is -0.420. The summed E-state index contributed by atoms with van der Waals surface area (Å²) >= 11 is 8.12. The number of hydrogen-bond acceptors (Lipinski definition) is 3. The summed E-state index contributed by atoms with van der Waals surface area (Å²) in [6.07, 6.45) is 0. The summed E-state index contributed by atoms with van der Waals surface area (Å²) in [6, 6.07) is 0. The maximum atomic E-state index is 12.4. The lowest BCUT2D eigenvalue weighted by molar-refractivity contribution is 0.575. The summed E-state index contributed by atoms with van der Waals surface area (Å²) in [4.78, 5) is 6.73. The highest BCUT2D eigenvalue weighted by Gasteiger charge is 2.06. The molecule has 3 nitrogen and oxygen atoms in total. The first-order valence-corrected chi connectivity index (χ1v) is 3.42. The molecule has 0 radical (unpaired) electrons. The molecule has 0 amide bonds. The van der Waals surface area contributed by atoms with Gasteiger partial charge in [0.2, 0.25) is 0 Å². The molecule has 1 aromatic rings. The first-order valence-electron chi connectivity index (χ1n) is 2.25. The Balaban J connectivity index is 3.28. The Labute approximate surface area is 69.5 Å². The van der Waals surface area contributed by atoms with Crippen molar-refractivity contribution in [3.05, 3.63) is 15.7 Å². The van der Waals surface area contributed by atoms with Crippen LogP contribution in [0, 0.1) is 5.95 Å². The second kappa shape index (κ2) is 2.67. The van der Waals surface area contributed by atoms with Gasteiger partial charge in [0.25, 0.3) is 5.95 Å². The summed E-state index contributed by atoms with van der Waals surface area (Å²) in [7, 11) is 0. The Morgan fingerprint density at radius 3 is 2.60 bits per heavy atom. The van der Waals surface area contributed by atoms with Crippen LogP contribution in [0.15, 0.2) is 4.60 Å². The minimum atomic E-state index is -0.831. The summed E-state index contributed by atoms with van der Waals surface area (Å²) < 4.78 is 12.5. The normalized spacial score (nSPS) is 9.90. The molecule has 1 rings (SSSR count). The van der Waals surface area contributed by atoms with E-state index in [4.69, 9.17) is 17.3 Å². The average Bonchev–Trinajstić information content (AvgIpc) is 1.84. The molecular weight excluding hydrogens is 224 g/mol. The number of anilines is 1. The first kappa shape index (κ1) is 7.68. The fourth-order valence-corrected chi connectivity index (χ4v) is 0.765. The van der Waals surface area contributed by atoms with Crippen LogP contribution in [0.1, 0.15) is 0 Å². The molecule has 2 N–H and O–H groups in total. The second-order valence-electron chi connectivity index (χ2n) is 1.48. The minimum Gasteiger partial charge on any atom is -0.381 e. The van der Waals surface area contributed by atoms with Crippen molar-refractivity contribution in [2.24, 2.45) is 0 Å². The van der Waals surface area contributed by atoms with Gasteiger partial charge in [0.05, 0.1) is 0 Å². The van der Waals surface area contributed by atoms with Crippen LogP contribution < -0.4 is 5.73 Å². The van der Waals surface area contributed by atoms with Gasteiger partial charge in [0.15, 0.2) is 15.6 Å². The van der Waals surface area contributed by atoms with Crippen LogP contribution in [0.4, 0.5) is 10.2 Å². The first-order chi connectivity index (χ1) is 4.61. The van der Waals surface area contributed by atoms with Crippen LogP contribution in [-0.2, 0) is 0 Å². The molecule has 1 heterocycles. The molecule has 0 unspecified atom stereocenters. The van der Waals surface area contributed by atoms with Crippen molar-refractivity contribution in [2.75, 3.05) is 5.73 Å². The number of hydrogen-bond donors (Lipinski definition) is 1. The molecule has 0 aromatic carbocycles. The fraction of sp³-hybridized carbons (Fsp3) is 0. The van der Waals surface area contributed by atoms with Crippen LogP contribution in [0.3, 0.4) is 0 Å². The van der Waals surface area contributed by atoms with Gasteiger partial charge in [-0.1, -0.05) is 11.6 Å². The highest BCUT2D eigenvalue weighted by atomic mass is 79.9. The van der Waals surface area contributed by atoms with Crippen molar-refractivity contribution in [2.45, 2.75) is 0 Å². The van der Waals surface area contributed by atoms with Crippen molar-refractivity contribution in [3.63, 3.8) is 0 Å². The van der Waals surface area contributed by atoms with Gasteiger partial charge in [-0.05, 0) is 15.9 Å². The third-order valence-corrected chi connectivity index (χ3v) is 1.62. The topological polar surface area (TPSA) is 51.8 Å². The number of aromatic nitrogens is 2. The van der Waals surface area contributed by atoms with Crippen molar-refractivity contribution in [1.82, 2.24) is 9.97 Å². The van der Waals surface area contributed by atoms with Crippen molar-refractivity contribution in [3.8, 4) is 0 Å². The average molecular weight is 226 g/mol. The molecule has 0 atom stereocenters. The number of nitrogen functional groups attached to an aromatic ring is 1. The molecular formula is C4H2BrClFN3. The van der Waals surface area contributed by atoms with E-state index in [2.05, 4.69) is 25.9 Å². The van der Waals surface area contributed by atoms with E-state index in [1.54, 1.807) is 0 Å². The van der Waals surface area contributed by atoms with E-state index < -0.39 is 5.95 Å². The second-order valence-corrected chi connectivity index (χ2v) is 2.59. The van der Waals surface area contributed by atoms with Gasteiger partial charge in [0, 0.05) is 0 Å². The van der Waals surface area contributed by atoms with Gasteiger partial charge < -0.3 is 5.73 Å². The third kappa shape index (κ3) is 1.35. The number of halogens is 3. The van der Waals surface area contributed by atoms with E-state index in [0.29, 0.717) is 0 Å². The third-order valence-electron chi connectivity index (χ3n) is 0.797. The maximum absolute atomic E-state index is 12.4. The molecule has 0 saturated heterocycles. The van der Waals surface area contributed by atoms with Crippen LogP contribution in [0.25, 0.3) is 0 Å². The summed E-state index contributed by atoms with van der Waals surface area (Å²) in [5.41, 5.74) is 5.22. The molecule has 6 heteroatoms. The summed E-state index contributed by atoms with van der Waals surface area (Å²) in [5.74, 6) is -0.755. The van der Waals surface area contributed by atoms with Crippen molar-refractivity contribution < 1.29 is 4.39 Å². The zero-order chi connectivity index (χ0) is 7.72. The number of nitrogens with two attached hydrogens (primary N) is 1. The predicted molar refractivity (Wildman–Crippen MR) is 39.1 cm³/mol. The van der Waals surface area contributed by atoms with E-state index >= 15 is 0 Å². The van der Waals surface area contributed by atoms with Crippen LogP contribution in [-0.4, -0.2) is 9.97 Å². The Bertz CT molecular complexity index is 217. The number of rotatable bonds is 0. The van der Waals surface area contributed by atoms with Gasteiger partial charge >= 0.3 is 0 Å². The van der Waals surface area contributed by atoms with Crippen LogP contribution >= 0.6 is 27.5 Å². The molecule has 0 saturated carbocycles. The van der Waals surface area contributed by atoms with Gasteiger partial charge in [-0.15, -0.1) is 0 Å². The Morgan fingerprint density at radius 2 is 2.10 bits per heavy atom. The molecule has 0 spiro atoms. The fourth-order valence-electron chi connectivity index (χ4n) is 0.388. The standard InChI is InChI=1S/C4H2BrClFN3/c5-1-4(8)10-2(6)3(7)9-1/h(H2,8,10). The van der Waals surface area contributed by atoms with E-state index in [1.807, 2.05) is 0 Å². The minimum absolute atomic E-state index is 0.0754. The molecule has 54 valence electrons. The zero-order valence-electron chi connectivity index (χ0n) is 4.61. The van der Waals surface area contributed by atoms with Crippen molar-refractivity contribution in [1.29, 1.82) is 0 Å². The highest BCUT2D eigenvalue weighted by Crippen LogP contribution is 2.18. The lowest BCUT2D eigenvalue weighted by atomic mass is 10.7. The monoisotopic (exact) mass is 225 g/mol. The quantitative estimate of drug-likeness (QED) is 0.731. The van der Waals surface area contributed by atoms with Gasteiger partial charge in [-0.25, -0.2) is 9.97 Å². The molecule has 0 aliphatic heterocycles. The van der Waals surface area contributed by atoms with E-state index in [1.165, 1.54) is 0 Å². The van der Waals surface area contributed by atoms with Gasteiger partial charge in [-0.3, -0.25) is 0 Å². The van der Waals surface area contributed by atoms with Crippen LogP contribution in [0.2, 0.25) is 5.15 Å². The molecule has 1 aromatic heterocycles. The summed E-state index contributed by atoms with van der Waals surface area (Å²) in [5, 5.41) is -0.319. The van der Waals surface area contributed by atoms with Crippen LogP contribution in [0.5, 0.6) is 0 Å². The molecule has 0 bridgehead atoms. The molecule has 0 aliphatic carbocycles. The van der Waals surface area contributed by atoms with E-state index in [9.17, 15) is 4.39 Å².